The van der Waals surface area contributed by atoms with E-state index in [2.05, 4.69) is 12.6 Å². The van der Waals surface area contributed by atoms with Crippen molar-refractivity contribution in [2.45, 2.75) is 12.8 Å². The van der Waals surface area contributed by atoms with Crippen LogP contribution in [-0.4, -0.2) is 12.9 Å². The van der Waals surface area contributed by atoms with Crippen LogP contribution in [0, 0.1) is 11.6 Å². The zero-order chi connectivity index (χ0) is 10.6. The molecule has 14 heavy (non-hydrogen) atoms. The third kappa shape index (κ3) is 2.61. The Hall–Kier alpha value is -0.770. The van der Waals surface area contributed by atoms with Gasteiger partial charge in [-0.2, -0.15) is 12.6 Å². The van der Waals surface area contributed by atoms with Crippen molar-refractivity contribution >= 4 is 12.6 Å². The summed E-state index contributed by atoms with van der Waals surface area (Å²) in [5.74, 6) is -0.607. The number of ether oxygens (including phenoxy) is 1. The van der Waals surface area contributed by atoms with Gasteiger partial charge in [0.2, 0.25) is 0 Å². The molecule has 0 atom stereocenters. The topological polar surface area (TPSA) is 9.23 Å². The van der Waals surface area contributed by atoms with Gasteiger partial charge in [-0.3, -0.25) is 0 Å². The summed E-state index contributed by atoms with van der Waals surface area (Å²) in [5.41, 5.74) is 0.681. The van der Waals surface area contributed by atoms with Gasteiger partial charge < -0.3 is 4.74 Å². The Kier molecular flexibility index (Phi) is 4.20. The van der Waals surface area contributed by atoms with Crippen molar-refractivity contribution in [2.24, 2.45) is 0 Å². The van der Waals surface area contributed by atoms with Gasteiger partial charge in [-0.15, -0.1) is 0 Å². The van der Waals surface area contributed by atoms with Crippen LogP contribution in [0.5, 0.6) is 5.75 Å². The molecule has 0 aromatic heterocycles. The molecule has 1 nitrogen and oxygen atoms in total. The minimum atomic E-state index is -0.878. The van der Waals surface area contributed by atoms with Crippen LogP contribution in [0.15, 0.2) is 12.1 Å². The molecule has 0 saturated heterocycles. The van der Waals surface area contributed by atoms with E-state index in [1.165, 1.54) is 13.2 Å². The molecule has 0 aliphatic heterocycles. The van der Waals surface area contributed by atoms with Crippen molar-refractivity contribution in [2.75, 3.05) is 12.9 Å². The first-order valence-electron chi connectivity index (χ1n) is 4.31. The van der Waals surface area contributed by atoms with Crippen molar-refractivity contribution in [1.82, 2.24) is 0 Å². The van der Waals surface area contributed by atoms with Crippen molar-refractivity contribution in [3.8, 4) is 5.75 Å². The van der Waals surface area contributed by atoms with E-state index in [1.54, 1.807) is 0 Å². The smallest absolute Gasteiger partial charge is 0.162 e. The van der Waals surface area contributed by atoms with Gasteiger partial charge >= 0.3 is 0 Å². The lowest BCUT2D eigenvalue weighted by Gasteiger charge is -2.08. The number of thiol groups is 1. The van der Waals surface area contributed by atoms with E-state index in [1.807, 2.05) is 0 Å². The van der Waals surface area contributed by atoms with Gasteiger partial charge in [0.15, 0.2) is 11.6 Å². The SMILES string of the molecule is COc1cc(F)c(F)cc1CCCS. The molecule has 1 aromatic rings. The third-order valence-corrected chi connectivity index (χ3v) is 2.24. The maximum atomic E-state index is 12.9. The lowest BCUT2D eigenvalue weighted by Crippen LogP contribution is -1.96. The van der Waals surface area contributed by atoms with Crippen LogP contribution in [0.2, 0.25) is 0 Å². The third-order valence-electron chi connectivity index (χ3n) is 1.93. The zero-order valence-electron chi connectivity index (χ0n) is 7.89. The van der Waals surface area contributed by atoms with E-state index in [0.717, 1.165) is 12.5 Å². The average molecular weight is 218 g/mol. The predicted molar refractivity (Wildman–Crippen MR) is 55.1 cm³/mol. The van der Waals surface area contributed by atoms with Crippen molar-refractivity contribution < 1.29 is 13.5 Å². The first-order chi connectivity index (χ1) is 6.69. The standard InChI is InChI=1S/C10H12F2OS/c1-13-10-6-9(12)8(11)5-7(10)3-2-4-14/h5-6,14H,2-4H2,1H3. The molecule has 0 aliphatic rings. The van der Waals surface area contributed by atoms with E-state index in [4.69, 9.17) is 4.74 Å². The summed E-state index contributed by atoms with van der Waals surface area (Å²) in [5, 5.41) is 0. The first kappa shape index (κ1) is 11.3. The Balaban J connectivity index is 2.95. The van der Waals surface area contributed by atoms with Gasteiger partial charge in [0.05, 0.1) is 7.11 Å². The second-order valence-electron chi connectivity index (χ2n) is 2.91. The molecule has 1 rings (SSSR count). The van der Waals surface area contributed by atoms with Crippen molar-refractivity contribution in [3.05, 3.63) is 29.3 Å². The molecule has 1 aromatic carbocycles. The first-order valence-corrected chi connectivity index (χ1v) is 4.95. The molecule has 0 bridgehead atoms. The Morgan fingerprint density at radius 1 is 1.29 bits per heavy atom. The maximum absolute atomic E-state index is 12.9. The van der Waals surface area contributed by atoms with E-state index < -0.39 is 11.6 Å². The molecule has 78 valence electrons. The van der Waals surface area contributed by atoms with Gasteiger partial charge in [0.1, 0.15) is 5.75 Å². The highest BCUT2D eigenvalue weighted by Crippen LogP contribution is 2.23. The van der Waals surface area contributed by atoms with Crippen LogP contribution < -0.4 is 4.74 Å². The summed E-state index contributed by atoms with van der Waals surface area (Å²) in [6.07, 6.45) is 1.45. The Morgan fingerprint density at radius 3 is 2.50 bits per heavy atom. The Bertz CT molecular complexity index is 315. The highest BCUT2D eigenvalue weighted by atomic mass is 32.1. The normalized spacial score (nSPS) is 10.3. The summed E-state index contributed by atoms with van der Waals surface area (Å²) >= 11 is 4.05. The molecule has 0 unspecified atom stereocenters. The number of aryl methyl sites for hydroxylation is 1. The van der Waals surface area contributed by atoms with E-state index in [0.29, 0.717) is 23.5 Å². The van der Waals surface area contributed by atoms with E-state index in [9.17, 15) is 8.78 Å². The quantitative estimate of drug-likeness (QED) is 0.764. The minimum Gasteiger partial charge on any atom is -0.496 e. The number of benzene rings is 1. The Morgan fingerprint density at radius 2 is 1.93 bits per heavy atom. The molecule has 0 N–H and O–H groups in total. The minimum absolute atomic E-state index is 0.394. The van der Waals surface area contributed by atoms with Crippen molar-refractivity contribution in [3.63, 3.8) is 0 Å². The molecular formula is C10H12F2OS. The fourth-order valence-corrected chi connectivity index (χ4v) is 1.38. The molecule has 4 heteroatoms. The molecule has 0 saturated carbocycles. The van der Waals surface area contributed by atoms with Gasteiger partial charge in [0, 0.05) is 6.07 Å². The Labute approximate surface area is 87.5 Å². The number of rotatable bonds is 4. The molecule has 0 heterocycles. The average Bonchev–Trinajstić information content (AvgIpc) is 2.19. The summed E-state index contributed by atoms with van der Waals surface area (Å²) in [6.45, 7) is 0. The zero-order valence-corrected chi connectivity index (χ0v) is 8.78. The number of halogens is 2. The lowest BCUT2D eigenvalue weighted by atomic mass is 10.1. The summed E-state index contributed by atoms with van der Waals surface area (Å²) in [4.78, 5) is 0. The van der Waals surface area contributed by atoms with Crippen molar-refractivity contribution in [1.29, 1.82) is 0 Å². The molecule has 0 radical (unpaired) electrons. The molecular weight excluding hydrogens is 206 g/mol. The van der Waals surface area contributed by atoms with E-state index in [-0.39, 0.29) is 0 Å². The fraction of sp³-hybridized carbons (Fsp3) is 0.400. The predicted octanol–water partition coefficient (Wildman–Crippen LogP) is 2.84. The number of hydrogen-bond donors (Lipinski definition) is 1. The van der Waals surface area contributed by atoms with Crippen LogP contribution >= 0.6 is 12.6 Å². The van der Waals surface area contributed by atoms with Gasteiger partial charge in [-0.25, -0.2) is 8.78 Å². The summed E-state index contributed by atoms with van der Waals surface area (Å²) < 4.78 is 30.6. The summed E-state index contributed by atoms with van der Waals surface area (Å²) in [6, 6.07) is 2.25. The molecule has 0 aliphatic carbocycles. The number of methoxy groups -OCH3 is 1. The van der Waals surface area contributed by atoms with Gasteiger partial charge in [-0.05, 0) is 30.2 Å². The van der Waals surface area contributed by atoms with Crippen LogP contribution in [0.25, 0.3) is 0 Å². The molecule has 0 amide bonds. The lowest BCUT2D eigenvalue weighted by molar-refractivity contribution is 0.400. The maximum Gasteiger partial charge on any atom is 0.162 e. The van der Waals surface area contributed by atoms with Crippen LogP contribution in [-0.2, 0) is 6.42 Å². The second kappa shape index (κ2) is 5.20. The highest BCUT2D eigenvalue weighted by Gasteiger charge is 2.09. The summed E-state index contributed by atoms with van der Waals surface area (Å²) in [7, 11) is 1.44. The van der Waals surface area contributed by atoms with Crippen LogP contribution in [0.1, 0.15) is 12.0 Å². The monoisotopic (exact) mass is 218 g/mol. The molecule has 0 spiro atoms. The van der Waals surface area contributed by atoms with Crippen LogP contribution in [0.3, 0.4) is 0 Å². The second-order valence-corrected chi connectivity index (χ2v) is 3.35. The largest absolute Gasteiger partial charge is 0.496 e. The highest BCUT2D eigenvalue weighted by molar-refractivity contribution is 7.80. The fourth-order valence-electron chi connectivity index (χ4n) is 1.22. The van der Waals surface area contributed by atoms with Gasteiger partial charge in [-0.1, -0.05) is 0 Å². The molecule has 0 fully saturated rings. The van der Waals surface area contributed by atoms with E-state index >= 15 is 0 Å². The van der Waals surface area contributed by atoms with Crippen LogP contribution in [0.4, 0.5) is 8.78 Å². The number of hydrogen-bond acceptors (Lipinski definition) is 2. The van der Waals surface area contributed by atoms with Gasteiger partial charge in [0.25, 0.3) is 0 Å².